The number of carbonyl (C=O) groups excluding carboxylic acids is 1. The van der Waals surface area contributed by atoms with Gasteiger partial charge in [0.25, 0.3) is 5.91 Å². The van der Waals surface area contributed by atoms with Crippen LogP contribution in [0.3, 0.4) is 0 Å². The van der Waals surface area contributed by atoms with Gasteiger partial charge in [0.05, 0.1) is 5.56 Å². The fourth-order valence-electron chi connectivity index (χ4n) is 2.15. The second kappa shape index (κ2) is 7.33. The molecule has 0 atom stereocenters. The van der Waals surface area contributed by atoms with E-state index < -0.39 is 0 Å². The summed E-state index contributed by atoms with van der Waals surface area (Å²) < 4.78 is 0. The molecule has 0 spiro atoms. The highest BCUT2D eigenvalue weighted by molar-refractivity contribution is 6.00. The van der Waals surface area contributed by atoms with Crippen molar-refractivity contribution in [3.8, 4) is 0 Å². The minimum absolute atomic E-state index is 0.105. The number of anilines is 2. The Morgan fingerprint density at radius 3 is 2.62 bits per heavy atom. The number of benzene rings is 2. The zero-order valence-electron chi connectivity index (χ0n) is 12.2. The number of carbonyl (C=O) groups is 1. The van der Waals surface area contributed by atoms with Crippen molar-refractivity contribution in [3.05, 3.63) is 59.7 Å². The van der Waals surface area contributed by atoms with Crippen LogP contribution in [0.4, 0.5) is 11.4 Å². The van der Waals surface area contributed by atoms with Gasteiger partial charge in [-0.15, -0.1) is 0 Å². The summed E-state index contributed by atoms with van der Waals surface area (Å²) in [7, 11) is 0. The molecule has 0 bridgehead atoms. The van der Waals surface area contributed by atoms with Gasteiger partial charge in [-0.3, -0.25) is 4.79 Å². The second-order valence-corrected chi connectivity index (χ2v) is 4.83. The Hall–Kier alpha value is -2.49. The van der Waals surface area contributed by atoms with Gasteiger partial charge in [0.1, 0.15) is 0 Å². The van der Waals surface area contributed by atoms with Gasteiger partial charge in [-0.05, 0) is 37.1 Å². The van der Waals surface area contributed by atoms with E-state index in [0.29, 0.717) is 17.8 Å². The lowest BCUT2D eigenvalue weighted by atomic mass is 10.1. The van der Waals surface area contributed by atoms with Crippen LogP contribution in [0.2, 0.25) is 0 Å². The van der Waals surface area contributed by atoms with Crippen LogP contribution in [0.15, 0.2) is 48.5 Å². The largest absolute Gasteiger partial charge is 0.399 e. The maximum Gasteiger partial charge on any atom is 0.253 e. The second-order valence-electron chi connectivity index (χ2n) is 4.83. The van der Waals surface area contributed by atoms with E-state index in [4.69, 9.17) is 5.73 Å². The monoisotopic (exact) mass is 283 g/mol. The van der Waals surface area contributed by atoms with Gasteiger partial charge in [-0.1, -0.05) is 30.3 Å². The molecule has 0 saturated heterocycles. The molecule has 0 aliphatic carbocycles. The molecule has 4 nitrogen and oxygen atoms in total. The predicted molar refractivity (Wildman–Crippen MR) is 87.5 cm³/mol. The number of hydrogen-bond acceptors (Lipinski definition) is 3. The minimum Gasteiger partial charge on any atom is -0.399 e. The molecule has 0 aliphatic heterocycles. The number of nitrogens with one attached hydrogen (secondary N) is 2. The Balaban J connectivity index is 2.03. The van der Waals surface area contributed by atoms with Crippen LogP contribution in [0.25, 0.3) is 0 Å². The van der Waals surface area contributed by atoms with Gasteiger partial charge in [-0.2, -0.15) is 0 Å². The first-order chi connectivity index (χ1) is 10.2. The summed E-state index contributed by atoms with van der Waals surface area (Å²) in [4.78, 5) is 12.0. The number of nitrogens with two attached hydrogens (primary N) is 1. The molecule has 110 valence electrons. The van der Waals surface area contributed by atoms with E-state index in [2.05, 4.69) is 22.8 Å². The van der Waals surface area contributed by atoms with Crippen molar-refractivity contribution in [1.82, 2.24) is 5.32 Å². The molecule has 2 aromatic carbocycles. The number of hydrogen-bond donors (Lipinski definition) is 3. The van der Waals surface area contributed by atoms with E-state index in [9.17, 15) is 4.79 Å². The molecule has 0 radical (unpaired) electrons. The molecule has 1 amide bonds. The van der Waals surface area contributed by atoms with E-state index in [1.807, 2.05) is 31.2 Å². The molecule has 0 saturated carbocycles. The van der Waals surface area contributed by atoms with Crippen molar-refractivity contribution >= 4 is 17.3 Å². The van der Waals surface area contributed by atoms with Crippen molar-refractivity contribution in [2.45, 2.75) is 13.3 Å². The molecular formula is C17H21N3O. The van der Waals surface area contributed by atoms with Crippen LogP contribution in [0.5, 0.6) is 0 Å². The average molecular weight is 283 g/mol. The predicted octanol–water partition coefficient (Wildman–Crippen LogP) is 2.67. The first-order valence-corrected chi connectivity index (χ1v) is 7.16. The quantitative estimate of drug-likeness (QED) is 0.714. The lowest BCUT2D eigenvalue weighted by Gasteiger charge is -2.12. The highest BCUT2D eigenvalue weighted by Crippen LogP contribution is 2.19. The third-order valence-corrected chi connectivity index (χ3v) is 3.20. The minimum atomic E-state index is -0.105. The van der Waals surface area contributed by atoms with Crippen molar-refractivity contribution in [3.63, 3.8) is 0 Å². The van der Waals surface area contributed by atoms with Crippen LogP contribution < -0.4 is 16.4 Å². The summed E-state index contributed by atoms with van der Waals surface area (Å²) in [5, 5.41) is 6.11. The highest BCUT2D eigenvalue weighted by atomic mass is 16.1. The van der Waals surface area contributed by atoms with Gasteiger partial charge in [-0.25, -0.2) is 0 Å². The van der Waals surface area contributed by atoms with Gasteiger partial charge in [0, 0.05) is 24.5 Å². The summed E-state index contributed by atoms with van der Waals surface area (Å²) in [5.41, 5.74) is 9.02. The van der Waals surface area contributed by atoms with Gasteiger partial charge < -0.3 is 16.4 Å². The SMILES string of the molecule is CCNC(=O)c1cc(N)ccc1NCCc1ccccc1. The molecule has 0 unspecified atom stereocenters. The normalized spacial score (nSPS) is 10.1. The van der Waals surface area contributed by atoms with Crippen LogP contribution in [0.1, 0.15) is 22.8 Å². The summed E-state index contributed by atoms with van der Waals surface area (Å²) in [6, 6.07) is 15.6. The van der Waals surface area contributed by atoms with E-state index in [1.54, 1.807) is 12.1 Å². The Morgan fingerprint density at radius 1 is 1.14 bits per heavy atom. The van der Waals surface area contributed by atoms with Crippen LogP contribution in [-0.4, -0.2) is 19.0 Å². The Kier molecular flexibility index (Phi) is 5.21. The molecule has 0 aromatic heterocycles. The van der Waals surface area contributed by atoms with Crippen molar-refractivity contribution in [2.24, 2.45) is 0 Å². The fraction of sp³-hybridized carbons (Fsp3) is 0.235. The van der Waals surface area contributed by atoms with Crippen LogP contribution in [0, 0.1) is 0 Å². The van der Waals surface area contributed by atoms with E-state index in [-0.39, 0.29) is 5.91 Å². The summed E-state index contributed by atoms with van der Waals surface area (Å²) >= 11 is 0. The third kappa shape index (κ3) is 4.24. The third-order valence-electron chi connectivity index (χ3n) is 3.20. The van der Waals surface area contributed by atoms with Crippen molar-refractivity contribution in [1.29, 1.82) is 0 Å². The average Bonchev–Trinajstić information content (AvgIpc) is 2.50. The molecule has 4 heteroatoms. The Labute approximate surface area is 125 Å². The molecule has 4 N–H and O–H groups in total. The molecule has 2 rings (SSSR count). The first-order valence-electron chi connectivity index (χ1n) is 7.16. The number of nitrogen functional groups attached to an aromatic ring is 1. The molecule has 0 fully saturated rings. The molecule has 2 aromatic rings. The topological polar surface area (TPSA) is 67.2 Å². The zero-order chi connectivity index (χ0) is 15.1. The van der Waals surface area contributed by atoms with E-state index >= 15 is 0 Å². The first kappa shape index (κ1) is 14.9. The standard InChI is InChI=1S/C17H21N3O/c1-2-19-17(21)15-12-14(18)8-9-16(15)20-11-10-13-6-4-3-5-7-13/h3-9,12,20H,2,10-11,18H2,1H3,(H,19,21). The van der Waals surface area contributed by atoms with Crippen LogP contribution >= 0.6 is 0 Å². The maximum absolute atomic E-state index is 12.0. The zero-order valence-corrected chi connectivity index (χ0v) is 12.2. The molecule has 0 aliphatic rings. The number of amides is 1. The van der Waals surface area contributed by atoms with E-state index in [0.717, 1.165) is 18.7 Å². The fourth-order valence-corrected chi connectivity index (χ4v) is 2.15. The summed E-state index contributed by atoms with van der Waals surface area (Å²) in [6.45, 7) is 3.25. The summed E-state index contributed by atoms with van der Waals surface area (Å²) in [6.07, 6.45) is 0.903. The number of rotatable bonds is 6. The van der Waals surface area contributed by atoms with Gasteiger partial charge >= 0.3 is 0 Å². The highest BCUT2D eigenvalue weighted by Gasteiger charge is 2.10. The van der Waals surface area contributed by atoms with Crippen molar-refractivity contribution in [2.75, 3.05) is 24.1 Å². The Bertz CT molecular complexity index is 596. The molecule has 21 heavy (non-hydrogen) atoms. The van der Waals surface area contributed by atoms with E-state index in [1.165, 1.54) is 5.56 Å². The lowest BCUT2D eigenvalue weighted by molar-refractivity contribution is 0.0956. The molecule has 0 heterocycles. The van der Waals surface area contributed by atoms with Gasteiger partial charge in [0.2, 0.25) is 0 Å². The lowest BCUT2D eigenvalue weighted by Crippen LogP contribution is -2.24. The Morgan fingerprint density at radius 2 is 1.90 bits per heavy atom. The van der Waals surface area contributed by atoms with Gasteiger partial charge in [0.15, 0.2) is 0 Å². The smallest absolute Gasteiger partial charge is 0.253 e. The molecular weight excluding hydrogens is 262 g/mol. The van der Waals surface area contributed by atoms with Crippen molar-refractivity contribution < 1.29 is 4.79 Å². The maximum atomic E-state index is 12.0. The summed E-state index contributed by atoms with van der Waals surface area (Å²) in [5.74, 6) is -0.105. The van der Waals surface area contributed by atoms with Crippen LogP contribution in [-0.2, 0) is 6.42 Å².